The molecule has 0 radical (unpaired) electrons. The molecule has 0 aromatic rings. The van der Waals surface area contributed by atoms with E-state index in [4.69, 9.17) is 0 Å². The van der Waals surface area contributed by atoms with E-state index < -0.39 is 0 Å². The second-order valence-corrected chi connectivity index (χ2v) is 3.85. The fourth-order valence-electron chi connectivity index (χ4n) is 1.10. The second kappa shape index (κ2) is 2.80. The molecular formula is C6H9IO. The molecule has 1 aliphatic carbocycles. The van der Waals surface area contributed by atoms with Gasteiger partial charge in [-0.15, -0.1) is 0 Å². The zero-order valence-electron chi connectivity index (χ0n) is 4.64. The zero-order chi connectivity index (χ0) is 5.98. The molecule has 0 bridgehead atoms. The van der Waals surface area contributed by atoms with Crippen molar-refractivity contribution >= 4 is 28.9 Å². The van der Waals surface area contributed by atoms with Crippen molar-refractivity contribution in [2.45, 2.75) is 23.2 Å². The highest BCUT2D eigenvalue weighted by atomic mass is 127. The number of hydrogen-bond acceptors (Lipinski definition) is 1. The second-order valence-electron chi connectivity index (χ2n) is 2.25. The molecule has 1 nitrogen and oxygen atoms in total. The van der Waals surface area contributed by atoms with E-state index in [9.17, 15) is 4.79 Å². The Hall–Kier alpha value is 0.400. The smallest absolute Gasteiger partial charge is 0.124 e. The first kappa shape index (κ1) is 6.52. The number of carbonyl (C=O) groups excluding carboxylic acids is 1. The van der Waals surface area contributed by atoms with Gasteiger partial charge < -0.3 is 4.79 Å². The van der Waals surface area contributed by atoms with Crippen LogP contribution in [0.3, 0.4) is 0 Å². The van der Waals surface area contributed by atoms with E-state index in [-0.39, 0.29) is 0 Å². The van der Waals surface area contributed by atoms with E-state index in [0.717, 1.165) is 12.7 Å². The third kappa shape index (κ3) is 1.21. The lowest BCUT2D eigenvalue weighted by atomic mass is 10.1. The molecule has 0 aromatic heterocycles. The predicted octanol–water partition coefficient (Wildman–Crippen LogP) is 1.79. The van der Waals surface area contributed by atoms with Crippen molar-refractivity contribution in [3.05, 3.63) is 0 Å². The van der Waals surface area contributed by atoms with E-state index >= 15 is 0 Å². The molecule has 0 aromatic carbocycles. The van der Waals surface area contributed by atoms with E-state index in [1.807, 2.05) is 0 Å². The number of aldehydes is 1. The zero-order valence-corrected chi connectivity index (χ0v) is 6.80. The molecule has 1 rings (SSSR count). The van der Waals surface area contributed by atoms with Crippen molar-refractivity contribution in [3.8, 4) is 0 Å². The molecule has 1 aliphatic rings. The summed E-state index contributed by atoms with van der Waals surface area (Å²) < 4.78 is 0.630. The molecule has 0 aliphatic heterocycles. The van der Waals surface area contributed by atoms with Gasteiger partial charge in [-0.25, -0.2) is 0 Å². The van der Waals surface area contributed by atoms with Crippen LogP contribution in [0.5, 0.6) is 0 Å². The summed E-state index contributed by atoms with van der Waals surface area (Å²) in [6.45, 7) is 0. The van der Waals surface area contributed by atoms with Gasteiger partial charge in [-0.05, 0) is 12.8 Å². The fraction of sp³-hybridized carbons (Fsp3) is 0.833. The van der Waals surface area contributed by atoms with Crippen LogP contribution >= 0.6 is 22.6 Å². The fourth-order valence-corrected chi connectivity index (χ4v) is 2.07. The highest BCUT2D eigenvalue weighted by Crippen LogP contribution is 2.29. The number of carbonyl (C=O) groups is 1. The van der Waals surface area contributed by atoms with Crippen molar-refractivity contribution in [2.75, 3.05) is 0 Å². The minimum atomic E-state index is 0.371. The summed E-state index contributed by atoms with van der Waals surface area (Å²) in [6, 6.07) is 0. The number of halogens is 1. The normalized spacial score (nSPS) is 37.6. The lowest BCUT2D eigenvalue weighted by Crippen LogP contribution is -2.06. The van der Waals surface area contributed by atoms with E-state index in [2.05, 4.69) is 22.6 Å². The third-order valence-electron chi connectivity index (χ3n) is 1.66. The molecular weight excluding hydrogens is 215 g/mol. The van der Waals surface area contributed by atoms with Gasteiger partial charge in [0, 0.05) is 9.84 Å². The quantitative estimate of drug-likeness (QED) is 0.377. The first-order valence-corrected chi connectivity index (χ1v) is 4.18. The number of rotatable bonds is 1. The highest BCUT2D eigenvalue weighted by Gasteiger charge is 2.23. The Bertz CT molecular complexity index is 92.5. The first-order chi connectivity index (χ1) is 3.84. The van der Waals surface area contributed by atoms with Crippen LogP contribution in [0, 0.1) is 5.92 Å². The Morgan fingerprint density at radius 3 is 2.50 bits per heavy atom. The van der Waals surface area contributed by atoms with Crippen molar-refractivity contribution < 1.29 is 4.79 Å². The molecule has 0 amide bonds. The van der Waals surface area contributed by atoms with Gasteiger partial charge in [-0.3, -0.25) is 0 Å². The summed E-state index contributed by atoms with van der Waals surface area (Å²) in [5.41, 5.74) is 0. The Morgan fingerprint density at radius 2 is 2.25 bits per heavy atom. The standard InChI is InChI=1S/C6H9IO/c7-6-3-1-2-5(6)4-8/h4-6H,1-3H2. The highest BCUT2D eigenvalue weighted by molar-refractivity contribution is 14.1. The molecule has 2 atom stereocenters. The van der Waals surface area contributed by atoms with Gasteiger partial charge in [-0.1, -0.05) is 29.0 Å². The largest absolute Gasteiger partial charge is 0.303 e. The van der Waals surface area contributed by atoms with E-state index in [1.165, 1.54) is 12.8 Å². The van der Waals surface area contributed by atoms with Crippen LogP contribution in [-0.4, -0.2) is 10.2 Å². The van der Waals surface area contributed by atoms with Gasteiger partial charge in [0.2, 0.25) is 0 Å². The Balaban J connectivity index is 2.41. The van der Waals surface area contributed by atoms with Gasteiger partial charge in [0.15, 0.2) is 0 Å². The predicted molar refractivity (Wildman–Crippen MR) is 41.2 cm³/mol. The van der Waals surface area contributed by atoms with Crippen molar-refractivity contribution in [1.29, 1.82) is 0 Å². The average Bonchev–Trinajstić information content (AvgIpc) is 2.14. The minimum absolute atomic E-state index is 0.371. The Kier molecular flexibility index (Phi) is 2.28. The summed E-state index contributed by atoms with van der Waals surface area (Å²) in [4.78, 5) is 10.2. The average molecular weight is 224 g/mol. The van der Waals surface area contributed by atoms with Crippen LogP contribution in [0.1, 0.15) is 19.3 Å². The minimum Gasteiger partial charge on any atom is -0.303 e. The van der Waals surface area contributed by atoms with Crippen LogP contribution in [0.25, 0.3) is 0 Å². The van der Waals surface area contributed by atoms with Crippen LogP contribution in [0.15, 0.2) is 0 Å². The summed E-state index contributed by atoms with van der Waals surface area (Å²) in [7, 11) is 0. The van der Waals surface area contributed by atoms with Crippen LogP contribution in [0.4, 0.5) is 0 Å². The maximum Gasteiger partial charge on any atom is 0.124 e. The SMILES string of the molecule is O=CC1CCCC1I. The molecule has 1 fully saturated rings. The molecule has 0 spiro atoms. The van der Waals surface area contributed by atoms with Gasteiger partial charge in [-0.2, -0.15) is 0 Å². The third-order valence-corrected chi connectivity index (χ3v) is 3.20. The van der Waals surface area contributed by atoms with Crippen molar-refractivity contribution in [2.24, 2.45) is 5.92 Å². The van der Waals surface area contributed by atoms with Gasteiger partial charge in [0.25, 0.3) is 0 Å². The van der Waals surface area contributed by atoms with Crippen LogP contribution in [-0.2, 0) is 4.79 Å². The van der Waals surface area contributed by atoms with E-state index in [0.29, 0.717) is 9.84 Å². The first-order valence-electron chi connectivity index (χ1n) is 2.94. The molecule has 0 heterocycles. The number of hydrogen-bond donors (Lipinski definition) is 0. The maximum absolute atomic E-state index is 10.2. The molecule has 2 unspecified atom stereocenters. The number of alkyl halides is 1. The summed E-state index contributed by atoms with van der Waals surface area (Å²) in [5, 5.41) is 0. The molecule has 0 N–H and O–H groups in total. The molecule has 8 heavy (non-hydrogen) atoms. The summed E-state index contributed by atoms with van der Waals surface area (Å²) >= 11 is 2.36. The van der Waals surface area contributed by atoms with Crippen LogP contribution < -0.4 is 0 Å². The van der Waals surface area contributed by atoms with Gasteiger partial charge in [0.05, 0.1) is 0 Å². The lowest BCUT2D eigenvalue weighted by Gasteiger charge is -2.01. The monoisotopic (exact) mass is 224 g/mol. The maximum atomic E-state index is 10.2. The van der Waals surface area contributed by atoms with E-state index in [1.54, 1.807) is 0 Å². The molecule has 1 saturated carbocycles. The van der Waals surface area contributed by atoms with Gasteiger partial charge in [0.1, 0.15) is 6.29 Å². The van der Waals surface area contributed by atoms with Gasteiger partial charge >= 0.3 is 0 Å². The topological polar surface area (TPSA) is 17.1 Å². The molecule has 2 heteroatoms. The van der Waals surface area contributed by atoms with Crippen molar-refractivity contribution in [1.82, 2.24) is 0 Å². The molecule has 46 valence electrons. The Morgan fingerprint density at radius 1 is 1.50 bits per heavy atom. The Labute approximate surface area is 63.0 Å². The van der Waals surface area contributed by atoms with Crippen LogP contribution in [0.2, 0.25) is 0 Å². The summed E-state index contributed by atoms with van der Waals surface area (Å²) in [6.07, 6.45) is 4.71. The lowest BCUT2D eigenvalue weighted by molar-refractivity contribution is -0.110. The van der Waals surface area contributed by atoms with Crippen molar-refractivity contribution in [3.63, 3.8) is 0 Å². The molecule has 0 saturated heterocycles. The summed E-state index contributed by atoms with van der Waals surface area (Å²) in [5.74, 6) is 0.371.